The van der Waals surface area contributed by atoms with Crippen molar-refractivity contribution in [1.82, 2.24) is 0 Å². The quantitative estimate of drug-likeness (QED) is 0.335. The van der Waals surface area contributed by atoms with E-state index < -0.39 is 0 Å². The Morgan fingerprint density at radius 2 is 1.88 bits per heavy atom. The normalized spacial score (nSPS) is 14.3. The number of rotatable bonds is 2. The van der Waals surface area contributed by atoms with E-state index in [-0.39, 0.29) is 42.9 Å². The van der Waals surface area contributed by atoms with Gasteiger partial charge >= 0.3 is 0 Å². The minimum atomic E-state index is -0.252. The number of carbonyl (C=O) groups is 1. The third kappa shape index (κ3) is 5.20. The molecule has 5 heteroatoms. The number of aliphatic hydroxyl groups excluding tert-OH is 1. The first-order valence-corrected chi connectivity index (χ1v) is 7.96. The van der Waals surface area contributed by atoms with Crippen molar-refractivity contribution < 1.29 is 34.4 Å². The number of hydrogen-bond donors (Lipinski definition) is 1. The predicted molar refractivity (Wildman–Crippen MR) is 98.0 cm³/mol. The molecule has 0 saturated carbocycles. The van der Waals surface area contributed by atoms with Gasteiger partial charge in [0.05, 0.1) is 11.4 Å². The van der Waals surface area contributed by atoms with Crippen molar-refractivity contribution in [1.29, 1.82) is 0 Å². The van der Waals surface area contributed by atoms with E-state index in [2.05, 4.69) is 31.0 Å². The maximum atomic E-state index is 13.3. The Morgan fingerprint density at radius 1 is 1.23 bits per heavy atom. The van der Waals surface area contributed by atoms with Crippen LogP contribution < -0.4 is 0 Å². The molecular formula is C21H21FIrNO2-. The van der Waals surface area contributed by atoms with Crippen molar-refractivity contribution in [2.75, 3.05) is 0 Å². The minimum absolute atomic E-state index is 0. The van der Waals surface area contributed by atoms with Crippen molar-refractivity contribution in [2.45, 2.75) is 33.1 Å². The molecule has 0 amide bonds. The zero-order chi connectivity index (χ0) is 18.6. The smallest absolute Gasteiger partial charge is 0.155 e. The first kappa shape index (κ1) is 21.9. The van der Waals surface area contributed by atoms with Crippen LogP contribution in [0.2, 0.25) is 0 Å². The van der Waals surface area contributed by atoms with Crippen LogP contribution in [0.1, 0.15) is 38.8 Å². The van der Waals surface area contributed by atoms with Gasteiger partial charge < -0.3 is 5.11 Å². The van der Waals surface area contributed by atoms with Gasteiger partial charge in [-0.2, -0.15) is 0 Å². The Bertz CT molecular complexity index is 853. The summed E-state index contributed by atoms with van der Waals surface area (Å²) in [5, 5.41) is 8.36. The number of hydrogen-bond acceptors (Lipinski definition) is 3. The third-order valence-electron chi connectivity index (χ3n) is 3.83. The van der Waals surface area contributed by atoms with Gasteiger partial charge in [0.15, 0.2) is 5.78 Å². The maximum Gasteiger partial charge on any atom is 0.155 e. The van der Waals surface area contributed by atoms with Gasteiger partial charge in [-0.15, -0.1) is 29.8 Å². The topological polar surface area (TPSA) is 49.7 Å². The number of benzene rings is 2. The Hall–Kier alpha value is -2.10. The zero-order valence-electron chi connectivity index (χ0n) is 15.1. The molecule has 139 valence electrons. The Morgan fingerprint density at radius 3 is 2.38 bits per heavy atom. The summed E-state index contributed by atoms with van der Waals surface area (Å²) < 4.78 is 13.3. The fourth-order valence-corrected chi connectivity index (χ4v) is 2.75. The molecule has 1 aliphatic rings. The molecule has 0 aromatic heterocycles. The Kier molecular flexibility index (Phi) is 7.61. The molecule has 1 heterocycles. The average Bonchev–Trinajstić information content (AvgIpc) is 2.78. The van der Waals surface area contributed by atoms with E-state index >= 15 is 0 Å². The van der Waals surface area contributed by atoms with E-state index in [9.17, 15) is 9.18 Å². The molecule has 3 rings (SSSR count). The first-order valence-electron chi connectivity index (χ1n) is 7.96. The number of para-hydroxylation sites is 1. The Labute approximate surface area is 167 Å². The number of ketones is 1. The van der Waals surface area contributed by atoms with Gasteiger partial charge in [-0.05, 0) is 31.2 Å². The number of aliphatic hydroxyl groups is 1. The van der Waals surface area contributed by atoms with Gasteiger partial charge in [0.25, 0.3) is 0 Å². The van der Waals surface area contributed by atoms with Gasteiger partial charge in [0.2, 0.25) is 0 Å². The molecule has 3 nitrogen and oxygen atoms in total. The van der Waals surface area contributed by atoms with E-state index in [1.54, 1.807) is 6.07 Å². The van der Waals surface area contributed by atoms with Gasteiger partial charge in [-0.1, -0.05) is 32.0 Å². The first-order chi connectivity index (χ1) is 11.7. The van der Waals surface area contributed by atoms with Crippen molar-refractivity contribution in [3.63, 3.8) is 0 Å². The Balaban J connectivity index is 0.000000366. The van der Waals surface area contributed by atoms with Crippen LogP contribution in [-0.2, 0) is 30.3 Å². The van der Waals surface area contributed by atoms with Crippen LogP contribution in [-0.4, -0.2) is 16.6 Å². The van der Waals surface area contributed by atoms with E-state index in [1.807, 2.05) is 18.2 Å². The predicted octanol–water partition coefficient (Wildman–Crippen LogP) is 5.07. The van der Waals surface area contributed by atoms with E-state index in [0.717, 1.165) is 17.0 Å². The fraction of sp³-hybridized carbons (Fsp3) is 0.238. The summed E-state index contributed by atoms with van der Waals surface area (Å²) in [6, 6.07) is 15.6. The summed E-state index contributed by atoms with van der Waals surface area (Å²) in [6.45, 7) is 7.06. The summed E-state index contributed by atoms with van der Waals surface area (Å²) in [5.74, 6) is -0.314. The number of fused-ring (bicyclic) bond motifs is 1. The fourth-order valence-electron chi connectivity index (χ4n) is 2.75. The number of allylic oxidation sites excluding steroid dienone is 2. The molecule has 1 N–H and O–H groups in total. The average molecular weight is 531 g/mol. The summed E-state index contributed by atoms with van der Waals surface area (Å²) in [5.41, 5.74) is 3.55. The largest absolute Gasteiger partial charge is 0.512 e. The van der Waals surface area contributed by atoms with Crippen LogP contribution >= 0.6 is 0 Å². The number of aliphatic imine (C=N–C) groups is 1. The van der Waals surface area contributed by atoms with Crippen molar-refractivity contribution in [2.24, 2.45) is 4.99 Å². The van der Waals surface area contributed by atoms with Crippen LogP contribution in [0.15, 0.2) is 59.3 Å². The van der Waals surface area contributed by atoms with Crippen LogP contribution in [0.3, 0.4) is 0 Å². The summed E-state index contributed by atoms with van der Waals surface area (Å²) in [6.07, 6.45) is 1.17. The molecule has 26 heavy (non-hydrogen) atoms. The standard InChI is InChI=1S/C16H13FN.C5H8O2.Ir/c1-16(2)13-8-3-4-9-14(13)18-15(16)11-6-5-7-12(17)10-11;1-4(6)3-5(2)7;/h3-5,7-10H,1-2H3;3,6H,1-2H3;/q-1;;/b;4-3-;. The number of nitrogens with zero attached hydrogens (tertiary/aromatic N) is 1. The number of carbonyl (C=O) groups excluding carboxylic acids is 1. The van der Waals surface area contributed by atoms with Crippen molar-refractivity contribution >= 4 is 17.2 Å². The molecule has 0 spiro atoms. The second-order valence-electron chi connectivity index (χ2n) is 6.42. The molecule has 2 aromatic rings. The molecule has 0 saturated heterocycles. The molecule has 0 aliphatic carbocycles. The molecule has 1 aliphatic heterocycles. The van der Waals surface area contributed by atoms with Crippen LogP contribution in [0.4, 0.5) is 10.1 Å². The van der Waals surface area contributed by atoms with E-state index in [4.69, 9.17) is 5.11 Å². The van der Waals surface area contributed by atoms with Crippen LogP contribution in [0.25, 0.3) is 0 Å². The second-order valence-corrected chi connectivity index (χ2v) is 6.42. The molecule has 2 aromatic carbocycles. The molecule has 0 unspecified atom stereocenters. The molecular weight excluding hydrogens is 509 g/mol. The monoisotopic (exact) mass is 531 g/mol. The zero-order valence-corrected chi connectivity index (χ0v) is 17.5. The third-order valence-corrected chi connectivity index (χ3v) is 3.83. The minimum Gasteiger partial charge on any atom is -0.512 e. The van der Waals surface area contributed by atoms with E-state index in [0.29, 0.717) is 0 Å². The van der Waals surface area contributed by atoms with Crippen molar-refractivity contribution in [3.05, 3.63) is 77.3 Å². The second kappa shape index (κ2) is 9.02. The molecule has 0 bridgehead atoms. The summed E-state index contributed by atoms with van der Waals surface area (Å²) in [7, 11) is 0. The summed E-state index contributed by atoms with van der Waals surface area (Å²) in [4.78, 5) is 14.7. The summed E-state index contributed by atoms with van der Waals surface area (Å²) >= 11 is 0. The van der Waals surface area contributed by atoms with Gasteiger partial charge in [-0.3, -0.25) is 9.79 Å². The number of halogens is 1. The van der Waals surface area contributed by atoms with Gasteiger partial charge in [0, 0.05) is 37.4 Å². The maximum absolute atomic E-state index is 13.3. The van der Waals surface area contributed by atoms with Crippen LogP contribution in [0, 0.1) is 11.9 Å². The molecule has 0 fully saturated rings. The van der Waals surface area contributed by atoms with Gasteiger partial charge in [0.1, 0.15) is 0 Å². The van der Waals surface area contributed by atoms with E-state index in [1.165, 1.54) is 37.6 Å². The molecule has 1 radical (unpaired) electrons. The van der Waals surface area contributed by atoms with Crippen LogP contribution in [0.5, 0.6) is 0 Å². The SMILES string of the molecule is CC(=O)/C=C(/C)O.CC1(C)C(c2[c-]ccc(F)c2)=Nc2ccccc21.[Ir]. The van der Waals surface area contributed by atoms with Gasteiger partial charge in [-0.25, -0.2) is 4.39 Å². The van der Waals surface area contributed by atoms with Crippen molar-refractivity contribution in [3.8, 4) is 0 Å². The molecule has 0 atom stereocenters.